The van der Waals surface area contributed by atoms with Gasteiger partial charge in [-0.25, -0.2) is 0 Å². The Balaban J connectivity index is 1.72. The van der Waals surface area contributed by atoms with E-state index in [9.17, 15) is 9.90 Å². The Morgan fingerprint density at radius 2 is 2.08 bits per heavy atom. The van der Waals surface area contributed by atoms with Crippen LogP contribution in [-0.2, 0) is 11.4 Å². The lowest BCUT2D eigenvalue weighted by atomic mass is 10.1. The number of thioether (sulfide) groups is 1. The van der Waals surface area contributed by atoms with E-state index in [4.69, 9.17) is 9.47 Å². The summed E-state index contributed by atoms with van der Waals surface area (Å²) in [6, 6.07) is 13.4. The summed E-state index contributed by atoms with van der Waals surface area (Å²) >= 11 is 1.60. The number of methoxy groups -OCH3 is 1. The molecule has 2 aromatic rings. The largest absolute Gasteiger partial charge is 0.544 e. The molecule has 0 amide bonds. The lowest BCUT2D eigenvalue weighted by molar-refractivity contribution is -0.690. The van der Waals surface area contributed by atoms with Crippen LogP contribution in [0.2, 0.25) is 0 Å². The van der Waals surface area contributed by atoms with Gasteiger partial charge in [0.15, 0.2) is 16.9 Å². The van der Waals surface area contributed by atoms with Gasteiger partial charge in [0.05, 0.1) is 12.9 Å². The molecule has 1 fully saturated rings. The Hall–Kier alpha value is -2.18. The van der Waals surface area contributed by atoms with Crippen molar-refractivity contribution in [3.63, 3.8) is 0 Å². The number of hydrogen-bond donors (Lipinski definition) is 1. The van der Waals surface area contributed by atoms with Crippen LogP contribution in [0.5, 0.6) is 11.5 Å². The molecule has 2 atom stereocenters. The third-order valence-electron chi connectivity index (χ3n) is 4.33. The first kappa shape index (κ1) is 17.6. The molecule has 3 rings (SSSR count). The minimum atomic E-state index is -1.01. The van der Waals surface area contributed by atoms with Crippen LogP contribution in [0.25, 0.3) is 0 Å². The lowest BCUT2D eigenvalue weighted by Crippen LogP contribution is -2.90. The molecule has 0 saturated carbocycles. The third kappa shape index (κ3) is 4.08. The average molecular weight is 359 g/mol. The minimum Gasteiger partial charge on any atom is -0.544 e. The van der Waals surface area contributed by atoms with Crippen LogP contribution in [0.3, 0.4) is 0 Å². The molecule has 132 valence electrons. The van der Waals surface area contributed by atoms with Crippen molar-refractivity contribution >= 4 is 17.7 Å². The predicted octanol–water partition coefficient (Wildman–Crippen LogP) is 1.01. The van der Waals surface area contributed by atoms with Crippen LogP contribution in [0.15, 0.2) is 42.5 Å². The minimum absolute atomic E-state index is 0.0298. The van der Waals surface area contributed by atoms with Crippen LogP contribution >= 0.6 is 11.8 Å². The molecule has 0 bridgehead atoms. The fourth-order valence-corrected chi connectivity index (χ4v) is 4.09. The van der Waals surface area contributed by atoms with E-state index in [0.29, 0.717) is 23.9 Å². The molecular weight excluding hydrogens is 338 g/mol. The zero-order valence-electron chi connectivity index (χ0n) is 14.2. The van der Waals surface area contributed by atoms with Crippen LogP contribution in [0.1, 0.15) is 22.1 Å². The van der Waals surface area contributed by atoms with E-state index in [0.717, 1.165) is 11.1 Å². The highest BCUT2D eigenvalue weighted by molar-refractivity contribution is 7.99. The first-order chi connectivity index (χ1) is 12.1. The quantitative estimate of drug-likeness (QED) is 0.833. The van der Waals surface area contributed by atoms with Crippen molar-refractivity contribution in [2.75, 3.05) is 12.9 Å². The molecule has 25 heavy (non-hydrogen) atoms. The predicted molar refractivity (Wildman–Crippen MR) is 94.4 cm³/mol. The van der Waals surface area contributed by atoms with Crippen LogP contribution < -0.4 is 19.9 Å². The SMILES string of the molecule is COc1cc([C@H]2[NH2+][C@@H](C(=O)[O-])CS2)ccc1OCc1ccccc1C. The number of nitrogens with two attached hydrogens (primary N) is 1. The van der Waals surface area contributed by atoms with Crippen molar-refractivity contribution in [1.82, 2.24) is 0 Å². The van der Waals surface area contributed by atoms with E-state index in [1.54, 1.807) is 18.9 Å². The maximum Gasteiger partial charge on any atom is 0.161 e. The number of aliphatic carboxylic acids is 1. The van der Waals surface area contributed by atoms with Crippen LogP contribution in [0, 0.1) is 6.92 Å². The van der Waals surface area contributed by atoms with Gasteiger partial charge in [-0.3, -0.25) is 0 Å². The second-order valence-electron chi connectivity index (χ2n) is 6.00. The number of rotatable bonds is 6. The highest BCUT2D eigenvalue weighted by Crippen LogP contribution is 2.34. The van der Waals surface area contributed by atoms with Crippen molar-refractivity contribution in [3.8, 4) is 11.5 Å². The summed E-state index contributed by atoms with van der Waals surface area (Å²) in [5, 5.41) is 12.9. The lowest BCUT2D eigenvalue weighted by Gasteiger charge is -2.15. The summed E-state index contributed by atoms with van der Waals surface area (Å²) in [7, 11) is 1.61. The van der Waals surface area contributed by atoms with Gasteiger partial charge >= 0.3 is 0 Å². The number of carbonyl (C=O) groups excluding carboxylic acids is 1. The monoisotopic (exact) mass is 359 g/mol. The molecule has 5 nitrogen and oxygen atoms in total. The molecule has 2 aromatic carbocycles. The van der Waals surface area contributed by atoms with Gasteiger partial charge in [0.2, 0.25) is 0 Å². The average Bonchev–Trinajstić information content (AvgIpc) is 3.11. The first-order valence-electron chi connectivity index (χ1n) is 8.11. The smallest absolute Gasteiger partial charge is 0.161 e. The van der Waals surface area contributed by atoms with E-state index < -0.39 is 12.0 Å². The Morgan fingerprint density at radius 1 is 1.28 bits per heavy atom. The Morgan fingerprint density at radius 3 is 2.76 bits per heavy atom. The number of ether oxygens (including phenoxy) is 2. The molecular formula is C19H21NO4S. The molecule has 1 aliphatic rings. The summed E-state index contributed by atoms with van der Waals surface area (Å²) in [6.45, 7) is 2.53. The van der Waals surface area contributed by atoms with E-state index in [2.05, 4.69) is 13.0 Å². The second kappa shape index (κ2) is 7.80. The molecule has 2 N–H and O–H groups in total. The molecule has 0 unspecified atom stereocenters. The highest BCUT2D eigenvalue weighted by atomic mass is 32.2. The number of hydrogen-bond acceptors (Lipinski definition) is 5. The van der Waals surface area contributed by atoms with Crippen LogP contribution in [0.4, 0.5) is 0 Å². The van der Waals surface area contributed by atoms with Crippen molar-refractivity contribution in [2.24, 2.45) is 0 Å². The van der Waals surface area contributed by atoms with Crippen molar-refractivity contribution in [2.45, 2.75) is 24.9 Å². The van der Waals surface area contributed by atoms with Crippen LogP contribution in [-0.4, -0.2) is 24.9 Å². The number of benzene rings is 2. The van der Waals surface area contributed by atoms with Gasteiger partial charge in [0.1, 0.15) is 18.6 Å². The standard InChI is InChI=1S/C19H21NO4S/c1-12-5-3-4-6-14(12)10-24-16-8-7-13(9-17(16)23-2)18-20-15(11-25-18)19(21)22/h3-9,15,18,20H,10-11H2,1-2H3,(H,21,22)/t15-,18+/m1/s1. The van der Waals surface area contributed by atoms with Gasteiger partial charge in [-0.1, -0.05) is 36.0 Å². The molecule has 0 aromatic heterocycles. The summed E-state index contributed by atoms with van der Waals surface area (Å²) in [6.07, 6.45) is 0. The van der Waals surface area contributed by atoms with E-state index in [-0.39, 0.29) is 5.37 Å². The number of quaternary nitrogens is 1. The van der Waals surface area contributed by atoms with Gasteiger partial charge < -0.3 is 24.7 Å². The topological polar surface area (TPSA) is 75.2 Å². The Bertz CT molecular complexity index is 765. The number of carbonyl (C=O) groups is 1. The van der Waals surface area contributed by atoms with E-state index in [1.807, 2.05) is 41.7 Å². The number of aryl methyl sites for hydroxylation is 1. The fraction of sp³-hybridized carbons (Fsp3) is 0.316. The molecule has 0 spiro atoms. The normalized spacial score (nSPS) is 19.6. The van der Waals surface area contributed by atoms with Gasteiger partial charge in [-0.2, -0.15) is 0 Å². The molecule has 0 aliphatic carbocycles. The molecule has 0 radical (unpaired) electrons. The van der Waals surface area contributed by atoms with Crippen molar-refractivity contribution in [1.29, 1.82) is 0 Å². The maximum absolute atomic E-state index is 11.0. The Kier molecular flexibility index (Phi) is 5.50. The molecule has 1 aliphatic heterocycles. The van der Waals surface area contributed by atoms with Gasteiger partial charge in [-0.15, -0.1) is 0 Å². The van der Waals surface area contributed by atoms with Crippen molar-refractivity contribution < 1.29 is 24.7 Å². The molecule has 1 saturated heterocycles. The fourth-order valence-electron chi connectivity index (χ4n) is 2.79. The molecule has 6 heteroatoms. The summed E-state index contributed by atoms with van der Waals surface area (Å²) < 4.78 is 11.4. The zero-order chi connectivity index (χ0) is 17.8. The second-order valence-corrected chi connectivity index (χ2v) is 7.17. The Labute approximate surface area is 151 Å². The zero-order valence-corrected chi connectivity index (χ0v) is 15.0. The van der Waals surface area contributed by atoms with Crippen molar-refractivity contribution in [3.05, 3.63) is 59.2 Å². The van der Waals surface area contributed by atoms with E-state index >= 15 is 0 Å². The van der Waals surface area contributed by atoms with Gasteiger partial charge in [0.25, 0.3) is 0 Å². The number of carboxylic acid groups (broad SMARTS) is 1. The maximum atomic E-state index is 11.0. The third-order valence-corrected chi connectivity index (χ3v) is 5.67. The summed E-state index contributed by atoms with van der Waals surface area (Å²) in [5.41, 5.74) is 3.32. The summed E-state index contributed by atoms with van der Waals surface area (Å²) in [4.78, 5) is 11.0. The van der Waals surface area contributed by atoms with Gasteiger partial charge in [0, 0.05) is 5.56 Å². The summed E-state index contributed by atoms with van der Waals surface area (Å²) in [5.74, 6) is 0.854. The highest BCUT2D eigenvalue weighted by Gasteiger charge is 2.31. The van der Waals surface area contributed by atoms with Gasteiger partial charge in [-0.05, 0) is 36.2 Å². The molecule has 1 heterocycles. The number of carboxylic acids is 1. The first-order valence-corrected chi connectivity index (χ1v) is 9.16. The van der Waals surface area contributed by atoms with E-state index in [1.165, 1.54) is 5.56 Å².